The average Bonchev–Trinajstić information content (AvgIpc) is 3.32. The van der Waals surface area contributed by atoms with Crippen molar-refractivity contribution in [3.8, 4) is 6.07 Å². The molecule has 1 aromatic heterocycles. The largest absolute Gasteiger partial charge is 0.459 e. The third-order valence-corrected chi connectivity index (χ3v) is 6.75. The third kappa shape index (κ3) is 4.19. The SMILES string of the molecule is CN(C)CCN1C(=O)C(C#N)=C(N2CCN(C(=O)c3ccco3)CC2)C2CCCCC21. The molecule has 1 saturated heterocycles. The molecule has 0 N–H and O–H groups in total. The normalized spacial score (nSPS) is 24.5. The summed E-state index contributed by atoms with van der Waals surface area (Å²) < 4.78 is 5.25. The minimum Gasteiger partial charge on any atom is -0.459 e. The zero-order valence-corrected chi connectivity index (χ0v) is 18.4. The summed E-state index contributed by atoms with van der Waals surface area (Å²) in [5.41, 5.74) is 1.22. The number of hydrogen-bond donors (Lipinski definition) is 0. The van der Waals surface area contributed by atoms with Crippen molar-refractivity contribution >= 4 is 11.8 Å². The van der Waals surface area contributed by atoms with E-state index >= 15 is 0 Å². The van der Waals surface area contributed by atoms with Gasteiger partial charge in [0, 0.05) is 56.9 Å². The van der Waals surface area contributed by atoms with E-state index in [4.69, 9.17) is 4.42 Å². The van der Waals surface area contributed by atoms with E-state index in [1.54, 1.807) is 17.0 Å². The fourth-order valence-corrected chi connectivity index (χ4v) is 5.17. The van der Waals surface area contributed by atoms with Crippen LogP contribution in [0.1, 0.15) is 36.2 Å². The van der Waals surface area contributed by atoms with Crippen LogP contribution in [0.15, 0.2) is 34.1 Å². The number of hydrogen-bond acceptors (Lipinski definition) is 6. The van der Waals surface area contributed by atoms with Crippen LogP contribution >= 0.6 is 0 Å². The van der Waals surface area contributed by atoms with E-state index < -0.39 is 0 Å². The first-order chi connectivity index (χ1) is 15.0. The summed E-state index contributed by atoms with van der Waals surface area (Å²) in [4.78, 5) is 33.9. The van der Waals surface area contributed by atoms with E-state index in [9.17, 15) is 14.9 Å². The van der Waals surface area contributed by atoms with Gasteiger partial charge in [-0.05, 0) is 39.1 Å². The van der Waals surface area contributed by atoms with E-state index in [1.807, 2.05) is 19.0 Å². The van der Waals surface area contributed by atoms with Crippen molar-refractivity contribution in [1.29, 1.82) is 5.26 Å². The first-order valence-electron chi connectivity index (χ1n) is 11.2. The van der Waals surface area contributed by atoms with Crippen molar-refractivity contribution in [3.05, 3.63) is 35.4 Å². The fraction of sp³-hybridized carbons (Fsp3) is 0.609. The molecule has 2 unspecified atom stereocenters. The lowest BCUT2D eigenvalue weighted by atomic mass is 9.76. The number of carbonyl (C=O) groups excluding carboxylic acids is 2. The average molecular weight is 426 g/mol. The zero-order chi connectivity index (χ0) is 22.0. The predicted octanol–water partition coefficient (Wildman–Crippen LogP) is 1.78. The van der Waals surface area contributed by atoms with Crippen LogP contribution in [0, 0.1) is 17.2 Å². The molecule has 0 spiro atoms. The molecule has 2 aliphatic heterocycles. The molecule has 8 heteroatoms. The van der Waals surface area contributed by atoms with Crippen LogP contribution in [-0.2, 0) is 4.79 Å². The van der Waals surface area contributed by atoms with Gasteiger partial charge in [0.05, 0.1) is 6.26 Å². The quantitative estimate of drug-likeness (QED) is 0.715. The number of nitrogens with zero attached hydrogens (tertiary/aromatic N) is 5. The number of furan rings is 1. The standard InChI is InChI=1S/C23H31N5O3/c1-25(2)9-14-28-19-7-4-3-6-17(19)21(18(16-24)22(28)29)26-10-12-27(13-11-26)23(30)20-8-5-15-31-20/h5,8,15,17,19H,3-4,6-7,9-14H2,1-2H3. The Labute approximate surface area is 183 Å². The molecule has 31 heavy (non-hydrogen) atoms. The minimum atomic E-state index is -0.128. The van der Waals surface area contributed by atoms with Gasteiger partial charge in [-0.1, -0.05) is 12.8 Å². The van der Waals surface area contributed by atoms with Gasteiger partial charge in [-0.25, -0.2) is 0 Å². The summed E-state index contributed by atoms with van der Waals surface area (Å²) in [6.07, 6.45) is 5.74. The van der Waals surface area contributed by atoms with Crippen LogP contribution in [0.25, 0.3) is 0 Å². The summed E-state index contributed by atoms with van der Waals surface area (Å²) >= 11 is 0. The van der Waals surface area contributed by atoms with Gasteiger partial charge in [0.2, 0.25) is 0 Å². The Balaban J connectivity index is 1.55. The van der Waals surface area contributed by atoms with Crippen LogP contribution < -0.4 is 0 Å². The van der Waals surface area contributed by atoms with Crippen molar-refractivity contribution in [3.63, 3.8) is 0 Å². The summed E-state index contributed by atoms with van der Waals surface area (Å²) in [5, 5.41) is 9.94. The predicted molar refractivity (Wildman–Crippen MR) is 115 cm³/mol. The Morgan fingerprint density at radius 1 is 1.23 bits per heavy atom. The van der Waals surface area contributed by atoms with Crippen molar-refractivity contribution in [2.45, 2.75) is 31.7 Å². The second-order valence-electron chi connectivity index (χ2n) is 8.89. The van der Waals surface area contributed by atoms with Crippen LogP contribution in [0.5, 0.6) is 0 Å². The number of rotatable bonds is 5. The van der Waals surface area contributed by atoms with Gasteiger partial charge in [0.15, 0.2) is 5.76 Å². The van der Waals surface area contributed by atoms with E-state index in [2.05, 4.69) is 15.9 Å². The number of fused-ring (bicyclic) bond motifs is 1. The van der Waals surface area contributed by atoms with E-state index in [0.717, 1.165) is 37.9 Å². The van der Waals surface area contributed by atoms with Gasteiger partial charge in [0.1, 0.15) is 11.6 Å². The maximum absolute atomic E-state index is 13.3. The number of carbonyl (C=O) groups is 2. The first-order valence-corrected chi connectivity index (χ1v) is 11.2. The molecule has 2 fully saturated rings. The Morgan fingerprint density at radius 2 is 1.97 bits per heavy atom. The van der Waals surface area contributed by atoms with Gasteiger partial charge in [-0.2, -0.15) is 5.26 Å². The Morgan fingerprint density at radius 3 is 2.61 bits per heavy atom. The van der Waals surface area contributed by atoms with Crippen molar-refractivity contribution in [2.24, 2.45) is 5.92 Å². The number of piperazine rings is 1. The molecule has 1 aliphatic carbocycles. The number of likely N-dealkylation sites (N-methyl/N-ethyl adjacent to an activating group) is 1. The molecule has 1 saturated carbocycles. The monoisotopic (exact) mass is 425 g/mol. The zero-order valence-electron chi connectivity index (χ0n) is 18.4. The molecule has 0 radical (unpaired) electrons. The fourth-order valence-electron chi connectivity index (χ4n) is 5.17. The van der Waals surface area contributed by atoms with Crippen LogP contribution in [0.2, 0.25) is 0 Å². The second kappa shape index (κ2) is 9.15. The molecule has 2 amide bonds. The van der Waals surface area contributed by atoms with Gasteiger partial charge >= 0.3 is 0 Å². The smallest absolute Gasteiger partial charge is 0.289 e. The Hall–Kier alpha value is -2.79. The van der Waals surface area contributed by atoms with Crippen LogP contribution in [-0.4, -0.2) is 90.8 Å². The van der Waals surface area contributed by atoms with Crippen LogP contribution in [0.3, 0.4) is 0 Å². The molecule has 8 nitrogen and oxygen atoms in total. The summed E-state index contributed by atoms with van der Waals surface area (Å²) in [6.45, 7) is 3.80. The van der Waals surface area contributed by atoms with Gasteiger partial charge < -0.3 is 24.0 Å². The number of amides is 2. The molecule has 3 aliphatic rings. The van der Waals surface area contributed by atoms with Gasteiger partial charge in [-0.3, -0.25) is 9.59 Å². The first kappa shape index (κ1) is 21.4. The molecule has 166 valence electrons. The molecule has 1 aromatic rings. The van der Waals surface area contributed by atoms with Gasteiger partial charge in [-0.15, -0.1) is 0 Å². The molecule has 3 heterocycles. The van der Waals surface area contributed by atoms with Crippen molar-refractivity contribution < 1.29 is 14.0 Å². The summed E-state index contributed by atoms with van der Waals surface area (Å²) in [7, 11) is 4.01. The lowest BCUT2D eigenvalue weighted by Gasteiger charge is -2.49. The summed E-state index contributed by atoms with van der Waals surface area (Å²) in [5.74, 6) is 0.318. The highest BCUT2D eigenvalue weighted by Gasteiger charge is 2.44. The highest BCUT2D eigenvalue weighted by Crippen LogP contribution is 2.41. The maximum Gasteiger partial charge on any atom is 0.289 e. The van der Waals surface area contributed by atoms with E-state index in [1.165, 1.54) is 6.26 Å². The minimum absolute atomic E-state index is 0.107. The number of nitriles is 1. The van der Waals surface area contributed by atoms with Crippen molar-refractivity contribution in [1.82, 2.24) is 19.6 Å². The maximum atomic E-state index is 13.3. The van der Waals surface area contributed by atoms with Crippen LogP contribution in [0.4, 0.5) is 0 Å². The second-order valence-corrected chi connectivity index (χ2v) is 8.89. The molecule has 0 aromatic carbocycles. The Bertz CT molecular complexity index is 878. The van der Waals surface area contributed by atoms with Crippen molar-refractivity contribution in [2.75, 3.05) is 53.4 Å². The van der Waals surface area contributed by atoms with Gasteiger partial charge in [0.25, 0.3) is 11.8 Å². The molecular formula is C23H31N5O3. The highest BCUT2D eigenvalue weighted by molar-refractivity contribution is 5.99. The molecular weight excluding hydrogens is 394 g/mol. The Kier molecular flexibility index (Phi) is 6.33. The van der Waals surface area contributed by atoms with E-state index in [-0.39, 0.29) is 23.8 Å². The topological polar surface area (TPSA) is 84.0 Å². The molecule has 0 bridgehead atoms. The van der Waals surface area contributed by atoms with E-state index in [0.29, 0.717) is 44.1 Å². The third-order valence-electron chi connectivity index (χ3n) is 6.75. The lowest BCUT2D eigenvalue weighted by Crippen LogP contribution is -2.57. The molecule has 2 atom stereocenters. The summed E-state index contributed by atoms with van der Waals surface area (Å²) in [6, 6.07) is 5.80. The lowest BCUT2D eigenvalue weighted by molar-refractivity contribution is -0.133. The highest BCUT2D eigenvalue weighted by atomic mass is 16.3. The molecule has 4 rings (SSSR count).